The number of nitrogens with one attached hydrogen (secondary N) is 3. The van der Waals surface area contributed by atoms with E-state index in [0.717, 1.165) is 32.4 Å². The molecule has 0 aliphatic carbocycles. The van der Waals surface area contributed by atoms with Crippen molar-refractivity contribution in [3.05, 3.63) is 0 Å². The van der Waals surface area contributed by atoms with Gasteiger partial charge in [-0.2, -0.15) is 0 Å². The zero-order chi connectivity index (χ0) is 24.8. The van der Waals surface area contributed by atoms with Gasteiger partial charge >= 0.3 is 0 Å². The van der Waals surface area contributed by atoms with Crippen molar-refractivity contribution >= 4 is 11.8 Å². The molecule has 0 aliphatic rings. The van der Waals surface area contributed by atoms with Gasteiger partial charge in [0, 0.05) is 25.9 Å². The van der Waals surface area contributed by atoms with Crippen molar-refractivity contribution in [1.29, 1.82) is 0 Å². The monoisotopic (exact) mass is 469 g/mol. The second kappa shape index (κ2) is 30.9. The molecular formula is C28H59N3O2. The molecule has 0 bridgehead atoms. The van der Waals surface area contributed by atoms with Gasteiger partial charge in [-0.05, 0) is 38.8 Å². The standard InChI is InChI=1S/C20H40N2O2.C8H19N/c1-3-5-7-8-9-10-11-12-13-14-18-22-20(24)16-15-19(23)21-17-6-4-2;1-3-5-7-9-8-6-4-2/h3-18H2,1-2H3,(H,21,23)(H,22,24);9H,3-8H2,1-2H3. The molecule has 0 saturated carbocycles. The molecule has 0 unspecified atom stereocenters. The van der Waals surface area contributed by atoms with Gasteiger partial charge in [-0.3, -0.25) is 9.59 Å². The van der Waals surface area contributed by atoms with Gasteiger partial charge in [0.05, 0.1) is 0 Å². The number of carbonyl (C=O) groups is 2. The predicted octanol–water partition coefficient (Wildman–Crippen LogP) is 6.90. The van der Waals surface area contributed by atoms with Gasteiger partial charge in [-0.1, -0.05) is 105 Å². The van der Waals surface area contributed by atoms with Gasteiger partial charge in [0.25, 0.3) is 0 Å². The lowest BCUT2D eigenvalue weighted by molar-refractivity contribution is -0.126. The van der Waals surface area contributed by atoms with Crippen LogP contribution in [0.1, 0.15) is 143 Å². The van der Waals surface area contributed by atoms with Crippen molar-refractivity contribution in [1.82, 2.24) is 16.0 Å². The Balaban J connectivity index is 0. The fourth-order valence-corrected chi connectivity index (χ4v) is 3.38. The van der Waals surface area contributed by atoms with E-state index in [1.165, 1.54) is 96.6 Å². The molecule has 0 aliphatic heterocycles. The normalized spacial score (nSPS) is 10.4. The third-order valence-electron chi connectivity index (χ3n) is 5.70. The SMILES string of the molecule is CCCCCCCCCCCCNC(=O)CCC(=O)NCCCC.CCCCNCCCC. The summed E-state index contributed by atoms with van der Waals surface area (Å²) in [5.41, 5.74) is 0. The van der Waals surface area contributed by atoms with Gasteiger partial charge < -0.3 is 16.0 Å². The highest BCUT2D eigenvalue weighted by Crippen LogP contribution is 2.10. The second-order valence-electron chi connectivity index (χ2n) is 9.19. The van der Waals surface area contributed by atoms with Crippen LogP contribution >= 0.6 is 0 Å². The van der Waals surface area contributed by atoms with Crippen molar-refractivity contribution in [2.45, 2.75) is 143 Å². The van der Waals surface area contributed by atoms with Crippen LogP contribution in [0.2, 0.25) is 0 Å². The zero-order valence-electron chi connectivity index (χ0n) is 22.9. The number of unbranched alkanes of at least 4 members (excludes halogenated alkanes) is 12. The molecule has 0 aromatic rings. The van der Waals surface area contributed by atoms with E-state index in [2.05, 4.69) is 43.6 Å². The third-order valence-corrected chi connectivity index (χ3v) is 5.70. The Morgan fingerprint density at radius 1 is 0.424 bits per heavy atom. The topological polar surface area (TPSA) is 70.2 Å². The third kappa shape index (κ3) is 33.2. The highest BCUT2D eigenvalue weighted by Gasteiger charge is 2.05. The van der Waals surface area contributed by atoms with Gasteiger partial charge in [-0.25, -0.2) is 0 Å². The molecule has 2 amide bonds. The molecule has 0 saturated heterocycles. The summed E-state index contributed by atoms with van der Waals surface area (Å²) in [6.45, 7) is 12.7. The summed E-state index contributed by atoms with van der Waals surface area (Å²) in [6.07, 6.45) is 20.9. The molecule has 0 heterocycles. The molecule has 5 nitrogen and oxygen atoms in total. The summed E-state index contributed by atoms with van der Waals surface area (Å²) in [4.78, 5) is 23.1. The van der Waals surface area contributed by atoms with E-state index in [1.807, 2.05) is 0 Å². The quantitative estimate of drug-likeness (QED) is 0.143. The van der Waals surface area contributed by atoms with Crippen LogP contribution in [0, 0.1) is 0 Å². The van der Waals surface area contributed by atoms with Gasteiger partial charge in [-0.15, -0.1) is 0 Å². The van der Waals surface area contributed by atoms with Crippen LogP contribution in [-0.4, -0.2) is 38.0 Å². The molecule has 0 aromatic heterocycles. The fourth-order valence-electron chi connectivity index (χ4n) is 3.38. The predicted molar refractivity (Wildman–Crippen MR) is 145 cm³/mol. The van der Waals surface area contributed by atoms with Crippen molar-refractivity contribution < 1.29 is 9.59 Å². The van der Waals surface area contributed by atoms with Crippen LogP contribution in [0.4, 0.5) is 0 Å². The van der Waals surface area contributed by atoms with Crippen LogP contribution in [0.25, 0.3) is 0 Å². The lowest BCUT2D eigenvalue weighted by atomic mass is 10.1. The number of hydrogen-bond acceptors (Lipinski definition) is 3. The summed E-state index contributed by atoms with van der Waals surface area (Å²) in [5.74, 6) is -0.0193. The first-order valence-electron chi connectivity index (χ1n) is 14.4. The van der Waals surface area contributed by atoms with Gasteiger partial charge in [0.2, 0.25) is 11.8 Å². The highest BCUT2D eigenvalue weighted by molar-refractivity contribution is 5.83. The summed E-state index contributed by atoms with van der Waals surface area (Å²) in [5, 5.41) is 9.13. The van der Waals surface area contributed by atoms with Gasteiger partial charge in [0.15, 0.2) is 0 Å². The van der Waals surface area contributed by atoms with Crippen LogP contribution < -0.4 is 16.0 Å². The minimum Gasteiger partial charge on any atom is -0.356 e. The Morgan fingerprint density at radius 2 is 0.758 bits per heavy atom. The van der Waals surface area contributed by atoms with E-state index in [1.54, 1.807) is 0 Å². The second-order valence-corrected chi connectivity index (χ2v) is 9.19. The molecular weight excluding hydrogens is 410 g/mol. The minimum absolute atomic E-state index is 0.00318. The molecule has 0 fully saturated rings. The Morgan fingerprint density at radius 3 is 1.18 bits per heavy atom. The first kappa shape index (κ1) is 34.1. The van der Waals surface area contributed by atoms with Crippen molar-refractivity contribution in [3.63, 3.8) is 0 Å². The summed E-state index contributed by atoms with van der Waals surface area (Å²) in [7, 11) is 0. The van der Waals surface area contributed by atoms with E-state index < -0.39 is 0 Å². The van der Waals surface area contributed by atoms with Crippen LogP contribution in [0.5, 0.6) is 0 Å². The summed E-state index contributed by atoms with van der Waals surface area (Å²) < 4.78 is 0. The molecule has 33 heavy (non-hydrogen) atoms. The number of amides is 2. The minimum atomic E-state index is -0.0162. The maximum Gasteiger partial charge on any atom is 0.220 e. The van der Waals surface area contributed by atoms with E-state index in [9.17, 15) is 9.59 Å². The molecule has 5 heteroatoms. The Bertz CT molecular complexity index is 397. The molecule has 0 atom stereocenters. The van der Waals surface area contributed by atoms with Crippen molar-refractivity contribution in [2.75, 3.05) is 26.2 Å². The summed E-state index contributed by atoms with van der Waals surface area (Å²) >= 11 is 0. The number of rotatable bonds is 23. The maximum absolute atomic E-state index is 11.6. The van der Waals surface area contributed by atoms with E-state index in [0.29, 0.717) is 12.8 Å². The molecule has 0 aromatic carbocycles. The Hall–Kier alpha value is -1.10. The first-order valence-corrected chi connectivity index (χ1v) is 14.4. The first-order chi connectivity index (χ1) is 16.1. The van der Waals surface area contributed by atoms with E-state index in [4.69, 9.17) is 0 Å². The molecule has 0 rings (SSSR count). The highest BCUT2D eigenvalue weighted by atomic mass is 16.2. The average Bonchev–Trinajstić information content (AvgIpc) is 2.82. The lowest BCUT2D eigenvalue weighted by Crippen LogP contribution is -2.28. The summed E-state index contributed by atoms with van der Waals surface area (Å²) in [6, 6.07) is 0. The molecule has 3 N–H and O–H groups in total. The lowest BCUT2D eigenvalue weighted by Gasteiger charge is -2.06. The van der Waals surface area contributed by atoms with Crippen LogP contribution in [0.15, 0.2) is 0 Å². The van der Waals surface area contributed by atoms with E-state index >= 15 is 0 Å². The largest absolute Gasteiger partial charge is 0.356 e. The maximum atomic E-state index is 11.6. The van der Waals surface area contributed by atoms with Crippen LogP contribution in [-0.2, 0) is 9.59 Å². The number of hydrogen-bond donors (Lipinski definition) is 3. The van der Waals surface area contributed by atoms with Crippen molar-refractivity contribution in [3.8, 4) is 0 Å². The van der Waals surface area contributed by atoms with Crippen LogP contribution in [0.3, 0.4) is 0 Å². The fraction of sp³-hybridized carbons (Fsp3) is 0.929. The Kier molecular flexibility index (Phi) is 31.9. The smallest absolute Gasteiger partial charge is 0.220 e. The number of carbonyl (C=O) groups excluding carboxylic acids is 2. The van der Waals surface area contributed by atoms with Gasteiger partial charge in [0.1, 0.15) is 0 Å². The Labute approximate surface area is 207 Å². The average molecular weight is 470 g/mol. The van der Waals surface area contributed by atoms with Crippen molar-refractivity contribution in [2.24, 2.45) is 0 Å². The molecule has 0 spiro atoms. The zero-order valence-corrected chi connectivity index (χ0v) is 22.9. The molecule has 0 radical (unpaired) electrons. The van der Waals surface area contributed by atoms with E-state index in [-0.39, 0.29) is 11.8 Å². The molecule has 198 valence electrons.